The predicted molar refractivity (Wildman–Crippen MR) is 76.0 cm³/mol. The predicted octanol–water partition coefficient (Wildman–Crippen LogP) is 0.264. The summed E-state index contributed by atoms with van der Waals surface area (Å²) in [5.74, 6) is 0.986. The summed E-state index contributed by atoms with van der Waals surface area (Å²) in [6.45, 7) is 1.41. The average Bonchev–Trinajstić information content (AvgIpc) is 2.79. The molecule has 7 heteroatoms. The molecule has 2 amide bonds. The van der Waals surface area contributed by atoms with Gasteiger partial charge < -0.3 is 15.4 Å². The highest BCUT2D eigenvalue weighted by atomic mass is 16.5. The van der Waals surface area contributed by atoms with Crippen molar-refractivity contribution in [2.45, 2.75) is 19.4 Å². The number of rotatable bonds is 5. The number of benzene rings is 1. The van der Waals surface area contributed by atoms with Crippen LogP contribution in [0.3, 0.4) is 0 Å². The molecule has 3 rings (SSSR count). The third-order valence-electron chi connectivity index (χ3n) is 3.36. The van der Waals surface area contributed by atoms with E-state index in [0.717, 1.165) is 17.0 Å². The summed E-state index contributed by atoms with van der Waals surface area (Å²) in [7, 11) is 0. The van der Waals surface area contributed by atoms with Crippen molar-refractivity contribution in [1.29, 1.82) is 0 Å². The minimum Gasteiger partial charge on any atom is -0.494 e. The Bertz CT molecular complexity index is 627. The van der Waals surface area contributed by atoms with Gasteiger partial charge in [0.1, 0.15) is 12.3 Å². The zero-order chi connectivity index (χ0) is 14.8. The molecule has 1 fully saturated rings. The molecule has 7 nitrogen and oxygen atoms in total. The molecular formula is C14H16N4O3. The Morgan fingerprint density at radius 3 is 3.10 bits per heavy atom. The number of primary amides is 1. The van der Waals surface area contributed by atoms with Crippen LogP contribution in [0.4, 0.5) is 5.69 Å². The lowest BCUT2D eigenvalue weighted by Crippen LogP contribution is -2.31. The van der Waals surface area contributed by atoms with Crippen LogP contribution in [-0.2, 0) is 16.1 Å². The van der Waals surface area contributed by atoms with Crippen LogP contribution in [0.15, 0.2) is 23.2 Å². The van der Waals surface area contributed by atoms with Gasteiger partial charge in [0.15, 0.2) is 0 Å². The Morgan fingerprint density at radius 2 is 2.29 bits per heavy atom. The third kappa shape index (κ3) is 2.96. The smallest absolute Gasteiger partial charge is 0.246 e. The van der Waals surface area contributed by atoms with Crippen LogP contribution in [0, 0.1) is 0 Å². The van der Waals surface area contributed by atoms with Gasteiger partial charge in [0.25, 0.3) is 0 Å². The van der Waals surface area contributed by atoms with Crippen LogP contribution in [0.25, 0.3) is 0 Å². The molecule has 1 aromatic carbocycles. The molecule has 110 valence electrons. The number of nitrogens with two attached hydrogens (primary N) is 1. The normalized spacial score (nSPS) is 15.9. The molecule has 0 atom stereocenters. The van der Waals surface area contributed by atoms with Crippen molar-refractivity contribution < 1.29 is 14.3 Å². The van der Waals surface area contributed by atoms with Crippen LogP contribution < -0.4 is 15.8 Å². The second-order valence-corrected chi connectivity index (χ2v) is 5.05. The molecule has 1 saturated heterocycles. The molecule has 0 aliphatic carbocycles. The first-order valence-corrected chi connectivity index (χ1v) is 6.79. The van der Waals surface area contributed by atoms with E-state index in [2.05, 4.69) is 10.3 Å². The van der Waals surface area contributed by atoms with E-state index in [1.165, 1.54) is 0 Å². The molecule has 0 aromatic heterocycles. The highest BCUT2D eigenvalue weighted by Gasteiger charge is 2.29. The van der Waals surface area contributed by atoms with E-state index in [9.17, 15) is 9.59 Å². The van der Waals surface area contributed by atoms with Crippen molar-refractivity contribution in [1.82, 2.24) is 10.2 Å². The number of hydrogen-bond acceptors (Lipinski definition) is 5. The molecule has 0 saturated carbocycles. The van der Waals surface area contributed by atoms with Gasteiger partial charge >= 0.3 is 0 Å². The lowest BCUT2D eigenvalue weighted by molar-refractivity contribution is -0.119. The van der Waals surface area contributed by atoms with Crippen molar-refractivity contribution in [2.24, 2.45) is 10.7 Å². The van der Waals surface area contributed by atoms with Crippen molar-refractivity contribution in [3.05, 3.63) is 23.8 Å². The van der Waals surface area contributed by atoms with Gasteiger partial charge in [0, 0.05) is 18.5 Å². The number of aliphatic imine (C=N–C) groups is 1. The number of carbonyl (C=O) groups is 2. The Kier molecular flexibility index (Phi) is 3.47. The van der Waals surface area contributed by atoms with E-state index in [4.69, 9.17) is 10.5 Å². The zero-order valence-electron chi connectivity index (χ0n) is 11.5. The van der Waals surface area contributed by atoms with Crippen molar-refractivity contribution >= 4 is 23.5 Å². The number of nitrogens with zero attached hydrogens (tertiary/aromatic N) is 2. The Morgan fingerprint density at radius 1 is 1.43 bits per heavy atom. The Hall–Kier alpha value is -2.57. The van der Waals surface area contributed by atoms with Crippen LogP contribution in [-0.4, -0.2) is 35.8 Å². The zero-order valence-corrected chi connectivity index (χ0v) is 11.5. The Balaban J connectivity index is 1.66. The highest BCUT2D eigenvalue weighted by Crippen LogP contribution is 2.30. The minimum atomic E-state index is -0.322. The first kappa shape index (κ1) is 13.4. The van der Waals surface area contributed by atoms with E-state index in [1.807, 2.05) is 23.1 Å². The maximum absolute atomic E-state index is 11.4. The van der Waals surface area contributed by atoms with Gasteiger partial charge in [-0.25, -0.2) is 4.99 Å². The van der Waals surface area contributed by atoms with Crippen LogP contribution in [0.1, 0.15) is 18.4 Å². The summed E-state index contributed by atoms with van der Waals surface area (Å²) < 4.78 is 5.60. The van der Waals surface area contributed by atoms with E-state index in [1.54, 1.807) is 0 Å². The average molecular weight is 288 g/mol. The maximum atomic E-state index is 11.4. The molecule has 2 heterocycles. The number of hydrogen-bond donors (Lipinski definition) is 2. The number of guanidine groups is 1. The van der Waals surface area contributed by atoms with Crippen molar-refractivity contribution in [3.63, 3.8) is 0 Å². The fraction of sp³-hybridized carbons (Fsp3) is 0.357. The second-order valence-electron chi connectivity index (χ2n) is 5.05. The minimum absolute atomic E-state index is 0.0375. The van der Waals surface area contributed by atoms with Gasteiger partial charge in [0.2, 0.25) is 17.8 Å². The van der Waals surface area contributed by atoms with Crippen molar-refractivity contribution in [3.8, 4) is 5.75 Å². The largest absolute Gasteiger partial charge is 0.494 e. The van der Waals surface area contributed by atoms with Crippen LogP contribution in [0.2, 0.25) is 0 Å². The molecule has 21 heavy (non-hydrogen) atoms. The molecule has 0 radical (unpaired) electrons. The molecule has 2 aliphatic rings. The molecule has 0 spiro atoms. The number of amides is 2. The van der Waals surface area contributed by atoms with Gasteiger partial charge in [-0.1, -0.05) is 0 Å². The number of ether oxygens (including phenoxy) is 1. The summed E-state index contributed by atoms with van der Waals surface area (Å²) >= 11 is 0. The summed E-state index contributed by atoms with van der Waals surface area (Å²) in [5, 5.41) is 2.73. The lowest BCUT2D eigenvalue weighted by atomic mass is 10.1. The second kappa shape index (κ2) is 5.43. The molecular weight excluding hydrogens is 272 g/mol. The third-order valence-corrected chi connectivity index (χ3v) is 3.36. The summed E-state index contributed by atoms with van der Waals surface area (Å²) in [4.78, 5) is 28.3. The SMILES string of the molecule is NC(=O)CCCOc1ccc2c(c1)CN1CC(=O)NC1=N2. The topological polar surface area (TPSA) is 97.0 Å². The molecule has 1 aromatic rings. The van der Waals surface area contributed by atoms with Gasteiger partial charge in [-0.15, -0.1) is 0 Å². The van der Waals surface area contributed by atoms with Gasteiger partial charge in [0.05, 0.1) is 12.3 Å². The number of nitrogens with one attached hydrogen (secondary N) is 1. The summed E-state index contributed by atoms with van der Waals surface area (Å²) in [5.41, 5.74) is 6.93. The molecule has 0 bridgehead atoms. The lowest BCUT2D eigenvalue weighted by Gasteiger charge is -2.23. The monoisotopic (exact) mass is 288 g/mol. The van der Waals surface area contributed by atoms with Crippen molar-refractivity contribution in [2.75, 3.05) is 13.2 Å². The number of fused-ring (bicyclic) bond motifs is 2. The van der Waals surface area contributed by atoms with E-state index in [-0.39, 0.29) is 11.8 Å². The molecule has 2 aliphatic heterocycles. The van der Waals surface area contributed by atoms with Gasteiger partial charge in [-0.3, -0.25) is 14.9 Å². The molecule has 3 N–H and O–H groups in total. The van der Waals surface area contributed by atoms with Crippen LogP contribution in [0.5, 0.6) is 5.75 Å². The van der Waals surface area contributed by atoms with E-state index in [0.29, 0.717) is 38.5 Å². The van der Waals surface area contributed by atoms with Gasteiger partial charge in [-0.05, 0) is 24.6 Å². The maximum Gasteiger partial charge on any atom is 0.246 e. The van der Waals surface area contributed by atoms with E-state index >= 15 is 0 Å². The quantitative estimate of drug-likeness (QED) is 0.760. The first-order chi connectivity index (χ1) is 10.1. The first-order valence-electron chi connectivity index (χ1n) is 6.79. The Labute approximate surface area is 121 Å². The highest BCUT2D eigenvalue weighted by molar-refractivity contribution is 6.05. The van der Waals surface area contributed by atoms with Crippen LogP contribution >= 0.6 is 0 Å². The summed E-state index contributed by atoms with van der Waals surface area (Å²) in [6, 6.07) is 5.62. The fourth-order valence-corrected chi connectivity index (χ4v) is 2.36. The molecule has 0 unspecified atom stereocenters. The van der Waals surface area contributed by atoms with Gasteiger partial charge in [-0.2, -0.15) is 0 Å². The summed E-state index contributed by atoms with van der Waals surface area (Å²) in [6.07, 6.45) is 0.916. The fourth-order valence-electron chi connectivity index (χ4n) is 2.36. The van der Waals surface area contributed by atoms with E-state index < -0.39 is 0 Å². The number of carbonyl (C=O) groups excluding carboxylic acids is 2. The standard InChI is InChI=1S/C14H16N4O3/c15-12(19)2-1-5-21-10-3-4-11-9(6-10)7-18-8-13(20)17-14(18)16-11/h3-4,6H,1-2,5,7-8H2,(H2,15,19)(H,16,17,20).